The van der Waals surface area contributed by atoms with Crippen LogP contribution in [0.25, 0.3) is 11.1 Å². The monoisotopic (exact) mass is 297 g/mol. The molecule has 5 nitrogen and oxygen atoms in total. The second-order valence-corrected chi connectivity index (χ2v) is 4.15. The Balaban J connectivity index is 2.61. The van der Waals surface area contributed by atoms with Gasteiger partial charge in [0.05, 0.1) is 24.9 Å². The van der Waals surface area contributed by atoms with E-state index in [4.69, 9.17) is 15.2 Å². The van der Waals surface area contributed by atoms with Gasteiger partial charge in [0.1, 0.15) is 5.82 Å². The molecule has 1 heterocycles. The summed E-state index contributed by atoms with van der Waals surface area (Å²) in [5, 5.41) is 6.59. The van der Waals surface area contributed by atoms with E-state index in [1.807, 2.05) is 12.1 Å². The highest BCUT2D eigenvalue weighted by Gasteiger charge is 2.16. The van der Waals surface area contributed by atoms with E-state index >= 15 is 0 Å². The highest BCUT2D eigenvalue weighted by atomic mass is 79.9. The molecule has 6 heteroatoms. The number of anilines is 1. The van der Waals surface area contributed by atoms with Crippen molar-refractivity contribution in [1.82, 2.24) is 10.2 Å². The van der Waals surface area contributed by atoms with Gasteiger partial charge in [-0.05, 0) is 28.1 Å². The minimum atomic E-state index is 0.512. The zero-order valence-electron chi connectivity index (χ0n) is 9.45. The maximum absolute atomic E-state index is 5.79. The Morgan fingerprint density at radius 2 is 2.00 bits per heavy atom. The number of nitrogens with two attached hydrogens (primary N) is 1. The van der Waals surface area contributed by atoms with Crippen LogP contribution in [-0.2, 0) is 0 Å². The molecule has 2 rings (SSSR count). The predicted molar refractivity (Wildman–Crippen MR) is 69.2 cm³/mol. The van der Waals surface area contributed by atoms with Gasteiger partial charge in [0.15, 0.2) is 11.5 Å². The van der Waals surface area contributed by atoms with Crippen molar-refractivity contribution in [3.63, 3.8) is 0 Å². The summed E-state index contributed by atoms with van der Waals surface area (Å²) in [4.78, 5) is 0. The number of methoxy groups -OCH3 is 2. The van der Waals surface area contributed by atoms with E-state index in [-0.39, 0.29) is 0 Å². The summed E-state index contributed by atoms with van der Waals surface area (Å²) in [6, 6.07) is 3.72. The van der Waals surface area contributed by atoms with Crippen molar-refractivity contribution in [3.05, 3.63) is 22.8 Å². The number of H-pyrrole nitrogens is 1. The number of ether oxygens (including phenoxy) is 2. The van der Waals surface area contributed by atoms with Gasteiger partial charge in [0.2, 0.25) is 0 Å². The summed E-state index contributed by atoms with van der Waals surface area (Å²) >= 11 is 3.49. The van der Waals surface area contributed by atoms with E-state index in [0.717, 1.165) is 15.6 Å². The molecule has 90 valence electrons. The van der Waals surface area contributed by atoms with Crippen LogP contribution in [0.1, 0.15) is 0 Å². The Hall–Kier alpha value is -1.69. The average Bonchev–Trinajstić information content (AvgIpc) is 2.75. The summed E-state index contributed by atoms with van der Waals surface area (Å²) < 4.78 is 11.3. The third kappa shape index (κ3) is 1.95. The highest BCUT2D eigenvalue weighted by Crippen LogP contribution is 2.42. The molecule has 2 aromatic rings. The molecule has 0 saturated carbocycles. The van der Waals surface area contributed by atoms with E-state index in [1.165, 1.54) is 0 Å². The molecule has 1 aromatic carbocycles. The highest BCUT2D eigenvalue weighted by molar-refractivity contribution is 9.10. The van der Waals surface area contributed by atoms with Gasteiger partial charge in [0, 0.05) is 11.1 Å². The van der Waals surface area contributed by atoms with Gasteiger partial charge in [-0.3, -0.25) is 5.10 Å². The van der Waals surface area contributed by atoms with Crippen LogP contribution in [0, 0.1) is 0 Å². The largest absolute Gasteiger partial charge is 0.493 e. The molecule has 0 radical (unpaired) electrons. The number of nitrogens with zero attached hydrogens (tertiary/aromatic N) is 1. The fraction of sp³-hybridized carbons (Fsp3) is 0.182. The van der Waals surface area contributed by atoms with Crippen LogP contribution in [0.15, 0.2) is 22.8 Å². The Bertz CT molecular complexity index is 540. The summed E-state index contributed by atoms with van der Waals surface area (Å²) in [5.74, 6) is 1.80. The van der Waals surface area contributed by atoms with Crippen molar-refractivity contribution in [3.8, 4) is 22.6 Å². The van der Waals surface area contributed by atoms with Crippen LogP contribution >= 0.6 is 15.9 Å². The minimum absolute atomic E-state index is 0.512. The van der Waals surface area contributed by atoms with Crippen LogP contribution in [-0.4, -0.2) is 24.4 Å². The Morgan fingerprint density at radius 3 is 2.53 bits per heavy atom. The molecule has 0 aliphatic carbocycles. The molecule has 1 aromatic heterocycles. The standard InChI is InChI=1S/C11H12BrN3O2/c1-16-8-4-3-6(9(12)10(8)17-2)7-5-14-15-11(7)13/h3-5H,1-2H3,(H3,13,14,15). The average molecular weight is 298 g/mol. The van der Waals surface area contributed by atoms with E-state index < -0.39 is 0 Å². The Kier molecular flexibility index (Phi) is 3.23. The molecular formula is C11H12BrN3O2. The lowest BCUT2D eigenvalue weighted by molar-refractivity contribution is 0.353. The molecule has 0 atom stereocenters. The summed E-state index contributed by atoms with van der Waals surface area (Å²) in [6.45, 7) is 0. The normalized spacial score (nSPS) is 10.3. The molecule has 3 N–H and O–H groups in total. The van der Waals surface area contributed by atoms with Crippen molar-refractivity contribution in [2.45, 2.75) is 0 Å². The van der Waals surface area contributed by atoms with Crippen LogP contribution in [0.2, 0.25) is 0 Å². The molecule has 0 unspecified atom stereocenters. The number of aromatic nitrogens is 2. The van der Waals surface area contributed by atoms with Gasteiger partial charge in [-0.15, -0.1) is 0 Å². The maximum atomic E-state index is 5.79. The van der Waals surface area contributed by atoms with Crippen LogP contribution in [0.3, 0.4) is 0 Å². The van der Waals surface area contributed by atoms with Gasteiger partial charge in [-0.1, -0.05) is 0 Å². The minimum Gasteiger partial charge on any atom is -0.493 e. The van der Waals surface area contributed by atoms with E-state index in [2.05, 4.69) is 26.1 Å². The first-order valence-corrected chi connectivity index (χ1v) is 5.68. The van der Waals surface area contributed by atoms with E-state index in [1.54, 1.807) is 20.4 Å². The fourth-order valence-electron chi connectivity index (χ4n) is 1.61. The molecule has 0 aliphatic rings. The second kappa shape index (κ2) is 4.67. The molecule has 0 aliphatic heterocycles. The molecule has 0 fully saturated rings. The van der Waals surface area contributed by atoms with Crippen molar-refractivity contribution < 1.29 is 9.47 Å². The summed E-state index contributed by atoms with van der Waals surface area (Å²) in [5.41, 5.74) is 7.51. The lowest BCUT2D eigenvalue weighted by Crippen LogP contribution is -1.94. The zero-order chi connectivity index (χ0) is 12.4. The van der Waals surface area contributed by atoms with Gasteiger partial charge in [-0.25, -0.2) is 0 Å². The van der Waals surface area contributed by atoms with Crippen LogP contribution in [0.5, 0.6) is 11.5 Å². The van der Waals surface area contributed by atoms with Gasteiger partial charge >= 0.3 is 0 Å². The Labute approximate surface area is 107 Å². The molecule has 0 amide bonds. The predicted octanol–water partition coefficient (Wildman–Crippen LogP) is 2.44. The lowest BCUT2D eigenvalue weighted by atomic mass is 10.1. The van der Waals surface area contributed by atoms with Gasteiger partial charge in [0.25, 0.3) is 0 Å². The quantitative estimate of drug-likeness (QED) is 0.913. The molecule has 0 saturated heterocycles. The van der Waals surface area contributed by atoms with E-state index in [0.29, 0.717) is 17.3 Å². The zero-order valence-corrected chi connectivity index (χ0v) is 11.0. The van der Waals surface area contributed by atoms with Crippen molar-refractivity contribution >= 4 is 21.7 Å². The number of benzene rings is 1. The number of hydrogen-bond acceptors (Lipinski definition) is 4. The third-order valence-corrected chi connectivity index (χ3v) is 3.23. The summed E-state index contributed by atoms with van der Waals surface area (Å²) in [6.07, 6.45) is 1.67. The first-order chi connectivity index (χ1) is 8.19. The first kappa shape index (κ1) is 11.8. The SMILES string of the molecule is COc1ccc(-c2cn[nH]c2N)c(Br)c1OC. The van der Waals surface area contributed by atoms with Gasteiger partial charge < -0.3 is 15.2 Å². The van der Waals surface area contributed by atoms with Crippen LogP contribution in [0.4, 0.5) is 5.82 Å². The number of aromatic amines is 1. The molecule has 0 spiro atoms. The number of halogens is 1. The third-order valence-electron chi connectivity index (χ3n) is 2.44. The number of nitrogen functional groups attached to an aromatic ring is 1. The molecule has 17 heavy (non-hydrogen) atoms. The first-order valence-electron chi connectivity index (χ1n) is 4.88. The smallest absolute Gasteiger partial charge is 0.175 e. The Morgan fingerprint density at radius 1 is 1.24 bits per heavy atom. The summed E-state index contributed by atoms with van der Waals surface area (Å²) in [7, 11) is 3.18. The van der Waals surface area contributed by atoms with Gasteiger partial charge in [-0.2, -0.15) is 5.10 Å². The lowest BCUT2D eigenvalue weighted by Gasteiger charge is -2.12. The fourth-order valence-corrected chi connectivity index (χ4v) is 2.31. The topological polar surface area (TPSA) is 73.2 Å². The number of nitrogens with one attached hydrogen (secondary N) is 1. The van der Waals surface area contributed by atoms with Crippen molar-refractivity contribution in [2.24, 2.45) is 0 Å². The number of rotatable bonds is 3. The second-order valence-electron chi connectivity index (χ2n) is 3.36. The van der Waals surface area contributed by atoms with E-state index in [9.17, 15) is 0 Å². The molecule has 0 bridgehead atoms. The van der Waals surface area contributed by atoms with Crippen molar-refractivity contribution in [1.29, 1.82) is 0 Å². The van der Waals surface area contributed by atoms with Crippen LogP contribution < -0.4 is 15.2 Å². The molecular weight excluding hydrogens is 286 g/mol. The number of hydrogen-bond donors (Lipinski definition) is 2. The maximum Gasteiger partial charge on any atom is 0.175 e. The van der Waals surface area contributed by atoms with Crippen molar-refractivity contribution in [2.75, 3.05) is 20.0 Å².